The first-order valence-corrected chi connectivity index (χ1v) is 9.14. The lowest BCUT2D eigenvalue weighted by molar-refractivity contribution is 1.07. The third-order valence-electron chi connectivity index (χ3n) is 3.87. The van der Waals surface area contributed by atoms with Gasteiger partial charge >= 0.3 is 0 Å². The number of nitrogens with one attached hydrogen (secondary N) is 1. The number of rotatable bonds is 6. The number of aromatic nitrogens is 3. The van der Waals surface area contributed by atoms with Crippen LogP contribution in [0.3, 0.4) is 0 Å². The molecule has 1 aromatic carbocycles. The van der Waals surface area contributed by atoms with Crippen LogP contribution in [-0.4, -0.2) is 27.8 Å². The second-order valence-electron chi connectivity index (χ2n) is 5.59. The Kier molecular flexibility index (Phi) is 5.43. The number of thiazole rings is 1. The average Bonchev–Trinajstić information content (AvgIpc) is 3.26. The quantitative estimate of drug-likeness (QED) is 0.615. The summed E-state index contributed by atoms with van der Waals surface area (Å²) in [6, 6.07) is 6.07. The Bertz CT molecular complexity index is 1020. The van der Waals surface area contributed by atoms with Crippen molar-refractivity contribution in [2.45, 2.75) is 13.8 Å². The van der Waals surface area contributed by atoms with Gasteiger partial charge < -0.3 is 5.32 Å². The van der Waals surface area contributed by atoms with E-state index in [-0.39, 0.29) is 0 Å². The van der Waals surface area contributed by atoms with E-state index < -0.39 is 0 Å². The molecule has 132 valence electrons. The molecule has 0 aliphatic carbocycles. The van der Waals surface area contributed by atoms with Gasteiger partial charge in [-0.25, -0.2) is 9.97 Å². The zero-order valence-electron chi connectivity index (χ0n) is 15.1. The first-order valence-electron chi connectivity index (χ1n) is 8.26. The standard InChI is InChI=1S/C20H21N5S/c1-5-9-25-18(15(6-2)11-21-4)12-22-20(25)14(3)24-16-7-8-17-19(10-16)26-13-23-17/h5-13,24H,3H2,1-2,4H3/b9-5-,15-6+,21-11?. The van der Waals surface area contributed by atoms with Gasteiger partial charge in [-0.3, -0.25) is 9.56 Å². The third kappa shape index (κ3) is 3.50. The minimum absolute atomic E-state index is 0.724. The molecule has 0 atom stereocenters. The summed E-state index contributed by atoms with van der Waals surface area (Å²) in [6.45, 7) is 8.15. The molecule has 0 aliphatic rings. The number of hydrogen-bond acceptors (Lipinski definition) is 5. The van der Waals surface area contributed by atoms with Crippen LogP contribution >= 0.6 is 11.3 Å². The van der Waals surface area contributed by atoms with E-state index in [4.69, 9.17) is 0 Å². The highest BCUT2D eigenvalue weighted by atomic mass is 32.1. The van der Waals surface area contributed by atoms with Crippen molar-refractivity contribution < 1.29 is 0 Å². The van der Waals surface area contributed by atoms with Crippen LogP contribution in [0.25, 0.3) is 27.7 Å². The summed E-state index contributed by atoms with van der Waals surface area (Å²) in [5, 5.41) is 3.36. The smallest absolute Gasteiger partial charge is 0.160 e. The molecular weight excluding hydrogens is 342 g/mol. The van der Waals surface area contributed by atoms with Crippen molar-refractivity contribution in [2.24, 2.45) is 4.99 Å². The molecule has 2 heterocycles. The van der Waals surface area contributed by atoms with Crippen LogP contribution in [0, 0.1) is 0 Å². The van der Waals surface area contributed by atoms with Gasteiger partial charge in [-0.1, -0.05) is 18.7 Å². The minimum Gasteiger partial charge on any atom is -0.353 e. The predicted molar refractivity (Wildman–Crippen MR) is 114 cm³/mol. The molecule has 26 heavy (non-hydrogen) atoms. The van der Waals surface area contributed by atoms with Crippen molar-refractivity contribution in [3.63, 3.8) is 0 Å². The molecule has 0 saturated heterocycles. The molecule has 0 spiro atoms. The fourth-order valence-corrected chi connectivity index (χ4v) is 3.40. The summed E-state index contributed by atoms with van der Waals surface area (Å²) in [5.41, 5.74) is 6.50. The summed E-state index contributed by atoms with van der Waals surface area (Å²) < 4.78 is 3.15. The van der Waals surface area contributed by atoms with Crippen molar-refractivity contribution in [3.05, 3.63) is 60.2 Å². The molecule has 1 N–H and O–H groups in total. The van der Waals surface area contributed by atoms with Crippen LogP contribution in [-0.2, 0) is 0 Å². The molecule has 0 amide bonds. The number of nitrogens with zero attached hydrogens (tertiary/aromatic N) is 4. The first-order chi connectivity index (χ1) is 12.7. The highest BCUT2D eigenvalue weighted by Gasteiger charge is 2.13. The maximum absolute atomic E-state index is 4.57. The summed E-state index contributed by atoms with van der Waals surface area (Å²) in [5.74, 6) is 0.756. The Labute approximate surface area is 157 Å². The van der Waals surface area contributed by atoms with Gasteiger partial charge in [0.25, 0.3) is 0 Å². The van der Waals surface area contributed by atoms with Gasteiger partial charge in [0.1, 0.15) is 0 Å². The molecule has 0 bridgehead atoms. The molecule has 3 rings (SSSR count). The summed E-state index contributed by atoms with van der Waals surface area (Å²) >= 11 is 1.62. The van der Waals surface area contributed by atoms with Crippen molar-refractivity contribution in [1.29, 1.82) is 0 Å². The molecule has 6 heteroatoms. The van der Waals surface area contributed by atoms with Crippen LogP contribution in [0.2, 0.25) is 0 Å². The normalized spacial score (nSPS) is 12.5. The number of allylic oxidation sites excluding steroid dienone is 3. The van der Waals surface area contributed by atoms with Crippen LogP contribution in [0.4, 0.5) is 5.69 Å². The van der Waals surface area contributed by atoms with Crippen LogP contribution in [0.5, 0.6) is 0 Å². The summed E-state index contributed by atoms with van der Waals surface area (Å²) in [6.07, 6.45) is 9.63. The largest absolute Gasteiger partial charge is 0.353 e. The van der Waals surface area contributed by atoms with Crippen LogP contribution in [0.15, 0.2) is 53.6 Å². The summed E-state index contributed by atoms with van der Waals surface area (Å²) in [7, 11) is 1.76. The lowest BCUT2D eigenvalue weighted by Crippen LogP contribution is -2.05. The molecule has 5 nitrogen and oxygen atoms in total. The lowest BCUT2D eigenvalue weighted by atomic mass is 10.2. The van der Waals surface area contributed by atoms with Crippen molar-refractivity contribution >= 4 is 50.9 Å². The number of benzene rings is 1. The van der Waals surface area contributed by atoms with Gasteiger partial charge in [0.15, 0.2) is 5.82 Å². The van der Waals surface area contributed by atoms with Crippen molar-refractivity contribution in [1.82, 2.24) is 14.5 Å². The Morgan fingerprint density at radius 2 is 2.15 bits per heavy atom. The van der Waals surface area contributed by atoms with E-state index in [1.807, 2.05) is 66.8 Å². The number of aliphatic imine (C=N–C) groups is 1. The molecule has 0 fully saturated rings. The van der Waals surface area contributed by atoms with Crippen LogP contribution in [0.1, 0.15) is 25.4 Å². The Morgan fingerprint density at radius 1 is 1.31 bits per heavy atom. The number of imidazole rings is 1. The fourth-order valence-electron chi connectivity index (χ4n) is 2.69. The van der Waals surface area contributed by atoms with E-state index in [0.717, 1.165) is 38.7 Å². The maximum Gasteiger partial charge on any atom is 0.160 e. The third-order valence-corrected chi connectivity index (χ3v) is 4.66. The zero-order valence-corrected chi connectivity index (χ0v) is 15.9. The van der Waals surface area contributed by atoms with Gasteiger partial charge in [-0.15, -0.1) is 11.3 Å². The van der Waals surface area contributed by atoms with E-state index in [2.05, 4.69) is 32.9 Å². The second kappa shape index (κ2) is 7.93. The van der Waals surface area contributed by atoms with Gasteiger partial charge in [-0.05, 0) is 32.0 Å². The van der Waals surface area contributed by atoms with Crippen molar-refractivity contribution in [2.75, 3.05) is 12.4 Å². The van der Waals surface area contributed by atoms with Gasteiger partial charge in [-0.2, -0.15) is 0 Å². The average molecular weight is 363 g/mol. The Hall–Kier alpha value is -2.99. The second-order valence-corrected chi connectivity index (χ2v) is 6.48. The lowest BCUT2D eigenvalue weighted by Gasteiger charge is -2.12. The van der Waals surface area contributed by atoms with E-state index >= 15 is 0 Å². The van der Waals surface area contributed by atoms with E-state index in [1.54, 1.807) is 18.4 Å². The Morgan fingerprint density at radius 3 is 2.88 bits per heavy atom. The van der Waals surface area contributed by atoms with Crippen molar-refractivity contribution in [3.8, 4) is 0 Å². The number of fused-ring (bicyclic) bond motifs is 1. The molecular formula is C20H21N5S. The van der Waals surface area contributed by atoms with Gasteiger partial charge in [0, 0.05) is 30.7 Å². The number of anilines is 1. The van der Waals surface area contributed by atoms with Crippen LogP contribution < -0.4 is 5.32 Å². The fraction of sp³-hybridized carbons (Fsp3) is 0.150. The zero-order chi connectivity index (χ0) is 18.5. The monoisotopic (exact) mass is 363 g/mol. The molecule has 0 unspecified atom stereocenters. The van der Waals surface area contributed by atoms with E-state index in [1.165, 1.54) is 0 Å². The molecule has 0 radical (unpaired) electrons. The highest BCUT2D eigenvalue weighted by Crippen LogP contribution is 2.25. The molecule has 0 saturated carbocycles. The molecule has 0 aliphatic heterocycles. The highest BCUT2D eigenvalue weighted by molar-refractivity contribution is 7.16. The predicted octanol–water partition coefficient (Wildman–Crippen LogP) is 5.17. The molecule has 3 aromatic rings. The van der Waals surface area contributed by atoms with Gasteiger partial charge in [0.05, 0.1) is 33.3 Å². The first kappa shape index (κ1) is 17.8. The topological polar surface area (TPSA) is 55.1 Å². The molecule has 2 aromatic heterocycles. The maximum atomic E-state index is 4.57. The van der Waals surface area contributed by atoms with Gasteiger partial charge in [0.2, 0.25) is 0 Å². The SMILES string of the molecule is C=C(Nc1ccc2ncsc2c1)c1ncc(/C(C=NC)=C/C)n1/C=C\C. The number of hydrogen-bond donors (Lipinski definition) is 1. The van der Waals surface area contributed by atoms with E-state index in [9.17, 15) is 0 Å². The summed E-state index contributed by atoms with van der Waals surface area (Å²) in [4.78, 5) is 13.0. The minimum atomic E-state index is 0.724. The van der Waals surface area contributed by atoms with E-state index in [0.29, 0.717) is 0 Å². The Balaban J connectivity index is 1.94.